The number of rotatable bonds is 3. The topological polar surface area (TPSA) is 37.3 Å². The normalized spacial score (nSPS) is 11.6. The Labute approximate surface area is 119 Å². The van der Waals surface area contributed by atoms with E-state index in [1.807, 2.05) is 12.1 Å². The predicted molar refractivity (Wildman–Crippen MR) is 77.4 cm³/mol. The summed E-state index contributed by atoms with van der Waals surface area (Å²) < 4.78 is 0. The molecule has 0 bridgehead atoms. The molecular formula is C13H16Br2O2. The number of carbonyl (C=O) groups is 1. The van der Waals surface area contributed by atoms with E-state index < -0.39 is 5.97 Å². The lowest BCUT2D eigenvalue weighted by Gasteiger charge is -2.22. The van der Waals surface area contributed by atoms with Crippen molar-refractivity contribution in [1.82, 2.24) is 0 Å². The molecule has 0 unspecified atom stereocenters. The highest BCUT2D eigenvalue weighted by Crippen LogP contribution is 2.29. The van der Waals surface area contributed by atoms with Gasteiger partial charge in [0.2, 0.25) is 0 Å². The van der Waals surface area contributed by atoms with Gasteiger partial charge in [0.05, 0.1) is 5.56 Å². The van der Waals surface area contributed by atoms with Crippen LogP contribution in [0.2, 0.25) is 0 Å². The third-order valence-corrected chi connectivity index (χ3v) is 3.88. The summed E-state index contributed by atoms with van der Waals surface area (Å²) in [4.78, 5) is 11.3. The van der Waals surface area contributed by atoms with Crippen molar-refractivity contribution in [3.63, 3.8) is 0 Å². The summed E-state index contributed by atoms with van der Waals surface area (Å²) in [5, 5.41) is 10.4. The third kappa shape index (κ3) is 3.32. The molecule has 0 aliphatic carbocycles. The molecule has 0 spiro atoms. The summed E-state index contributed by atoms with van der Waals surface area (Å²) >= 11 is 6.72. The fraction of sp³-hybridized carbons (Fsp3) is 0.462. The Morgan fingerprint density at radius 1 is 1.18 bits per heavy atom. The molecule has 2 nitrogen and oxygen atoms in total. The van der Waals surface area contributed by atoms with Crippen molar-refractivity contribution in [2.45, 2.75) is 36.8 Å². The Bertz CT molecular complexity index is 409. The van der Waals surface area contributed by atoms with Gasteiger partial charge >= 0.3 is 5.97 Å². The molecule has 0 aliphatic rings. The SMILES string of the molecule is CC(C)(C)c1cc(CBr)c(C(=O)O)c(CBr)c1. The molecule has 94 valence electrons. The van der Waals surface area contributed by atoms with Crippen LogP contribution >= 0.6 is 31.9 Å². The molecule has 0 heterocycles. The summed E-state index contributed by atoms with van der Waals surface area (Å²) in [6.45, 7) is 6.37. The zero-order chi connectivity index (χ0) is 13.2. The lowest BCUT2D eigenvalue weighted by molar-refractivity contribution is 0.0695. The largest absolute Gasteiger partial charge is 0.478 e. The van der Waals surface area contributed by atoms with Crippen LogP contribution in [0.4, 0.5) is 0 Å². The van der Waals surface area contributed by atoms with Crippen molar-refractivity contribution in [1.29, 1.82) is 0 Å². The first-order valence-corrected chi connectivity index (χ1v) is 7.57. The number of hydrogen-bond donors (Lipinski definition) is 1. The van der Waals surface area contributed by atoms with E-state index in [2.05, 4.69) is 52.6 Å². The monoisotopic (exact) mass is 362 g/mol. The van der Waals surface area contributed by atoms with Crippen molar-refractivity contribution < 1.29 is 9.90 Å². The lowest BCUT2D eigenvalue weighted by atomic mass is 9.84. The molecular weight excluding hydrogens is 348 g/mol. The van der Waals surface area contributed by atoms with E-state index in [-0.39, 0.29) is 5.41 Å². The number of halogens is 2. The van der Waals surface area contributed by atoms with E-state index >= 15 is 0 Å². The molecule has 0 aromatic heterocycles. The minimum atomic E-state index is -0.866. The van der Waals surface area contributed by atoms with Gasteiger partial charge in [-0.2, -0.15) is 0 Å². The average Bonchev–Trinajstić information content (AvgIpc) is 2.25. The molecule has 17 heavy (non-hydrogen) atoms. The molecule has 0 radical (unpaired) electrons. The summed E-state index contributed by atoms with van der Waals surface area (Å²) in [6.07, 6.45) is 0. The molecule has 1 aromatic carbocycles. The second kappa shape index (κ2) is 5.53. The number of benzene rings is 1. The summed E-state index contributed by atoms with van der Waals surface area (Å²) in [6, 6.07) is 3.95. The highest BCUT2D eigenvalue weighted by molar-refractivity contribution is 9.08. The highest BCUT2D eigenvalue weighted by Gasteiger charge is 2.21. The van der Waals surface area contributed by atoms with E-state index in [0.29, 0.717) is 16.2 Å². The van der Waals surface area contributed by atoms with Crippen LogP contribution in [0.1, 0.15) is 47.8 Å². The maximum atomic E-state index is 11.3. The minimum Gasteiger partial charge on any atom is -0.478 e. The first-order valence-electron chi connectivity index (χ1n) is 5.32. The summed E-state index contributed by atoms with van der Waals surface area (Å²) in [7, 11) is 0. The van der Waals surface area contributed by atoms with Gasteiger partial charge in [-0.05, 0) is 22.1 Å². The maximum Gasteiger partial charge on any atom is 0.336 e. The van der Waals surface area contributed by atoms with Gasteiger partial charge in [-0.15, -0.1) is 0 Å². The number of carboxylic acids is 1. The minimum absolute atomic E-state index is 0.0187. The number of alkyl halides is 2. The van der Waals surface area contributed by atoms with Crippen LogP contribution in [0.5, 0.6) is 0 Å². The maximum absolute atomic E-state index is 11.3. The zero-order valence-electron chi connectivity index (χ0n) is 10.2. The van der Waals surface area contributed by atoms with E-state index in [0.717, 1.165) is 16.7 Å². The molecule has 0 saturated carbocycles. The fourth-order valence-corrected chi connectivity index (χ4v) is 2.57. The fourth-order valence-electron chi connectivity index (χ4n) is 1.69. The molecule has 1 rings (SSSR count). The molecule has 0 saturated heterocycles. The van der Waals surface area contributed by atoms with Crippen LogP contribution in [0.15, 0.2) is 12.1 Å². The molecule has 4 heteroatoms. The number of carboxylic acid groups (broad SMARTS) is 1. The first kappa shape index (κ1) is 14.7. The molecule has 0 aliphatic heterocycles. The van der Waals surface area contributed by atoms with Crippen molar-refractivity contribution in [3.05, 3.63) is 34.4 Å². The van der Waals surface area contributed by atoms with E-state index in [4.69, 9.17) is 0 Å². The lowest BCUT2D eigenvalue weighted by Crippen LogP contribution is -2.15. The van der Waals surface area contributed by atoms with Gasteiger partial charge in [0, 0.05) is 10.7 Å². The average molecular weight is 364 g/mol. The number of aromatic carboxylic acids is 1. The van der Waals surface area contributed by atoms with Crippen molar-refractivity contribution in [3.8, 4) is 0 Å². The smallest absolute Gasteiger partial charge is 0.336 e. The standard InChI is InChI=1S/C13H16Br2O2/c1-13(2,3)10-4-8(6-14)11(12(16)17)9(5-10)7-15/h4-5H,6-7H2,1-3H3,(H,16,17). The van der Waals surface area contributed by atoms with Crippen LogP contribution in [-0.4, -0.2) is 11.1 Å². The zero-order valence-corrected chi connectivity index (χ0v) is 13.4. The van der Waals surface area contributed by atoms with E-state index in [1.165, 1.54) is 0 Å². The van der Waals surface area contributed by atoms with Crippen LogP contribution in [0.3, 0.4) is 0 Å². The van der Waals surface area contributed by atoms with Crippen LogP contribution in [0, 0.1) is 0 Å². The van der Waals surface area contributed by atoms with Crippen LogP contribution < -0.4 is 0 Å². The second-order valence-corrected chi connectivity index (χ2v) is 6.11. The first-order chi connectivity index (χ1) is 7.81. The van der Waals surface area contributed by atoms with E-state index in [9.17, 15) is 9.90 Å². The predicted octanol–water partition coefficient (Wildman–Crippen LogP) is 4.47. The molecule has 1 N–H and O–H groups in total. The van der Waals surface area contributed by atoms with Crippen molar-refractivity contribution in [2.24, 2.45) is 0 Å². The van der Waals surface area contributed by atoms with Gasteiger partial charge in [-0.1, -0.05) is 64.8 Å². The van der Waals surface area contributed by atoms with Gasteiger partial charge in [0.25, 0.3) is 0 Å². The molecule has 1 aromatic rings. The highest BCUT2D eigenvalue weighted by atomic mass is 79.9. The second-order valence-electron chi connectivity index (χ2n) is 4.99. The van der Waals surface area contributed by atoms with Crippen LogP contribution in [-0.2, 0) is 16.1 Å². The van der Waals surface area contributed by atoms with Gasteiger partial charge < -0.3 is 5.11 Å². The molecule has 0 atom stereocenters. The Hall–Kier alpha value is -0.350. The van der Waals surface area contributed by atoms with Gasteiger partial charge in [-0.25, -0.2) is 4.79 Å². The Morgan fingerprint density at radius 3 is 1.82 bits per heavy atom. The summed E-state index contributed by atoms with van der Waals surface area (Å²) in [5.41, 5.74) is 3.25. The van der Waals surface area contributed by atoms with E-state index in [1.54, 1.807) is 0 Å². The van der Waals surface area contributed by atoms with Crippen LogP contribution in [0.25, 0.3) is 0 Å². The molecule has 0 amide bonds. The van der Waals surface area contributed by atoms with Gasteiger partial charge in [0.15, 0.2) is 0 Å². The Balaban J connectivity index is 3.50. The summed E-state index contributed by atoms with van der Waals surface area (Å²) in [5.74, 6) is -0.866. The van der Waals surface area contributed by atoms with Crippen molar-refractivity contribution >= 4 is 37.8 Å². The number of hydrogen-bond acceptors (Lipinski definition) is 1. The quantitative estimate of drug-likeness (QED) is 0.804. The third-order valence-electron chi connectivity index (χ3n) is 2.67. The Morgan fingerprint density at radius 2 is 1.59 bits per heavy atom. The van der Waals surface area contributed by atoms with Crippen molar-refractivity contribution in [2.75, 3.05) is 0 Å². The Kier molecular flexibility index (Phi) is 4.78. The van der Waals surface area contributed by atoms with Gasteiger partial charge in [0.1, 0.15) is 0 Å². The molecule has 0 fully saturated rings. The van der Waals surface area contributed by atoms with Gasteiger partial charge in [-0.3, -0.25) is 0 Å².